The van der Waals surface area contributed by atoms with Crippen LogP contribution in [0.5, 0.6) is 11.5 Å². The summed E-state index contributed by atoms with van der Waals surface area (Å²) in [6.07, 6.45) is 0. The molecule has 0 aliphatic heterocycles. The highest BCUT2D eigenvalue weighted by Crippen LogP contribution is 2.28. The molecular weight excluding hydrogens is 216 g/mol. The molecule has 0 spiro atoms. The van der Waals surface area contributed by atoms with Crippen LogP contribution in [0.3, 0.4) is 0 Å². The van der Waals surface area contributed by atoms with Crippen molar-refractivity contribution in [1.82, 2.24) is 0 Å². The molecule has 86 valence electrons. The molecule has 0 amide bonds. The van der Waals surface area contributed by atoms with Crippen LogP contribution in [0.2, 0.25) is 0 Å². The number of hydrogen-bond donors (Lipinski definition) is 1. The van der Waals surface area contributed by atoms with Crippen molar-refractivity contribution in [2.75, 3.05) is 0 Å². The molecule has 0 atom stereocenters. The number of para-hydroxylation sites is 2. The normalized spacial score (nSPS) is 9.94. The third-order valence-electron chi connectivity index (χ3n) is 2.41. The quantitative estimate of drug-likeness (QED) is 0.874. The van der Waals surface area contributed by atoms with Gasteiger partial charge in [0.2, 0.25) is 0 Å². The zero-order chi connectivity index (χ0) is 12.3. The highest BCUT2D eigenvalue weighted by molar-refractivity contribution is 5.91. The first-order chi connectivity index (χ1) is 8.18. The molecule has 0 aliphatic rings. The molecule has 2 aromatic carbocycles. The first-order valence-electron chi connectivity index (χ1n) is 5.24. The largest absolute Gasteiger partial charge is 0.478 e. The lowest BCUT2D eigenvalue weighted by Crippen LogP contribution is -2.01. The highest BCUT2D eigenvalue weighted by atomic mass is 16.5. The van der Waals surface area contributed by atoms with Crippen molar-refractivity contribution in [2.24, 2.45) is 0 Å². The topological polar surface area (TPSA) is 46.5 Å². The summed E-state index contributed by atoms with van der Waals surface area (Å²) in [4.78, 5) is 11.1. The van der Waals surface area contributed by atoms with Gasteiger partial charge in [-0.15, -0.1) is 0 Å². The second-order valence-electron chi connectivity index (χ2n) is 3.67. The monoisotopic (exact) mass is 228 g/mol. The number of aryl methyl sites for hydroxylation is 1. The Labute approximate surface area is 99.3 Å². The lowest BCUT2D eigenvalue weighted by molar-refractivity contribution is 0.0694. The molecule has 2 aromatic rings. The van der Waals surface area contributed by atoms with Crippen LogP contribution in [0.1, 0.15) is 15.9 Å². The molecule has 0 saturated heterocycles. The van der Waals surface area contributed by atoms with Gasteiger partial charge in [-0.05, 0) is 30.7 Å². The minimum Gasteiger partial charge on any atom is -0.478 e. The number of rotatable bonds is 3. The molecule has 0 fully saturated rings. The van der Waals surface area contributed by atoms with Crippen LogP contribution in [-0.4, -0.2) is 11.1 Å². The third kappa shape index (κ3) is 2.45. The molecular formula is C14H12O3. The van der Waals surface area contributed by atoms with E-state index in [9.17, 15) is 4.79 Å². The summed E-state index contributed by atoms with van der Waals surface area (Å²) in [7, 11) is 0. The fourth-order valence-corrected chi connectivity index (χ4v) is 1.56. The molecule has 3 nitrogen and oxygen atoms in total. The first-order valence-corrected chi connectivity index (χ1v) is 5.24. The molecule has 0 radical (unpaired) electrons. The minimum absolute atomic E-state index is 0.175. The molecule has 17 heavy (non-hydrogen) atoms. The van der Waals surface area contributed by atoms with Crippen molar-refractivity contribution < 1.29 is 14.6 Å². The van der Waals surface area contributed by atoms with Gasteiger partial charge >= 0.3 is 5.97 Å². The molecule has 0 bridgehead atoms. The molecule has 1 N–H and O–H groups in total. The van der Waals surface area contributed by atoms with Gasteiger partial charge in [0.15, 0.2) is 0 Å². The maximum atomic E-state index is 11.1. The average molecular weight is 228 g/mol. The zero-order valence-electron chi connectivity index (χ0n) is 9.38. The second-order valence-corrected chi connectivity index (χ2v) is 3.67. The predicted molar refractivity (Wildman–Crippen MR) is 64.7 cm³/mol. The van der Waals surface area contributed by atoms with Crippen molar-refractivity contribution in [2.45, 2.75) is 6.92 Å². The van der Waals surface area contributed by atoms with E-state index in [1.165, 1.54) is 6.07 Å². The summed E-state index contributed by atoms with van der Waals surface area (Å²) in [6.45, 7) is 1.82. The number of hydrogen-bond acceptors (Lipinski definition) is 2. The van der Waals surface area contributed by atoms with Crippen LogP contribution >= 0.6 is 0 Å². The van der Waals surface area contributed by atoms with E-state index in [2.05, 4.69) is 0 Å². The number of carbonyl (C=O) groups is 1. The summed E-state index contributed by atoms with van der Waals surface area (Å²) in [5, 5.41) is 9.09. The maximum absolute atomic E-state index is 11.1. The summed E-state index contributed by atoms with van der Waals surface area (Å²) in [6, 6.07) is 14.2. The molecule has 0 saturated carbocycles. The smallest absolute Gasteiger partial charge is 0.339 e. The molecule has 2 rings (SSSR count). The van der Waals surface area contributed by atoms with Crippen LogP contribution in [0.4, 0.5) is 0 Å². The van der Waals surface area contributed by atoms with E-state index in [1.807, 2.05) is 31.2 Å². The van der Waals surface area contributed by atoms with Crippen LogP contribution in [0, 0.1) is 6.92 Å². The van der Waals surface area contributed by atoms with E-state index >= 15 is 0 Å². The fraction of sp³-hybridized carbons (Fsp3) is 0.0714. The lowest BCUT2D eigenvalue weighted by Gasteiger charge is -2.11. The van der Waals surface area contributed by atoms with Crippen molar-refractivity contribution in [3.63, 3.8) is 0 Å². The lowest BCUT2D eigenvalue weighted by atomic mass is 10.1. The van der Waals surface area contributed by atoms with Gasteiger partial charge in [0.05, 0.1) is 0 Å². The average Bonchev–Trinajstić information content (AvgIpc) is 2.33. The van der Waals surface area contributed by atoms with Gasteiger partial charge in [0.1, 0.15) is 17.1 Å². The Bertz CT molecular complexity index is 532. The van der Waals surface area contributed by atoms with E-state index in [0.717, 1.165) is 5.56 Å². The van der Waals surface area contributed by atoms with E-state index in [0.29, 0.717) is 11.5 Å². The number of benzene rings is 2. The van der Waals surface area contributed by atoms with Crippen LogP contribution in [-0.2, 0) is 0 Å². The van der Waals surface area contributed by atoms with E-state index in [-0.39, 0.29) is 5.56 Å². The fourth-order valence-electron chi connectivity index (χ4n) is 1.56. The van der Waals surface area contributed by atoms with Gasteiger partial charge in [-0.2, -0.15) is 0 Å². The molecule has 0 aliphatic carbocycles. The second kappa shape index (κ2) is 4.70. The minimum atomic E-state index is -0.986. The van der Waals surface area contributed by atoms with E-state index in [4.69, 9.17) is 9.84 Å². The molecule has 3 heteroatoms. The van der Waals surface area contributed by atoms with Gasteiger partial charge in [-0.1, -0.05) is 30.3 Å². The Hall–Kier alpha value is -2.29. The summed E-state index contributed by atoms with van der Waals surface area (Å²) in [5.41, 5.74) is 0.975. The highest BCUT2D eigenvalue weighted by Gasteiger charge is 2.13. The Morgan fingerprint density at radius 2 is 1.76 bits per heavy atom. The number of ether oxygens (including phenoxy) is 1. The van der Waals surface area contributed by atoms with E-state index < -0.39 is 5.97 Å². The Kier molecular flexibility index (Phi) is 3.10. The number of carboxylic acids is 1. The van der Waals surface area contributed by atoms with Crippen LogP contribution in [0.15, 0.2) is 48.5 Å². The maximum Gasteiger partial charge on any atom is 0.339 e. The third-order valence-corrected chi connectivity index (χ3v) is 2.41. The SMILES string of the molecule is Cc1cccc(C(=O)O)c1Oc1ccccc1. The standard InChI is InChI=1S/C14H12O3/c1-10-6-5-9-12(14(15)16)13(10)17-11-7-3-2-4-8-11/h2-9H,1H3,(H,15,16). The summed E-state index contributed by atoms with van der Waals surface area (Å²) in [5.74, 6) is 0.0372. The Morgan fingerprint density at radius 3 is 2.41 bits per heavy atom. The van der Waals surface area contributed by atoms with Crippen LogP contribution < -0.4 is 4.74 Å². The van der Waals surface area contributed by atoms with Gasteiger partial charge in [-0.25, -0.2) is 4.79 Å². The van der Waals surface area contributed by atoms with Crippen molar-refractivity contribution in [3.05, 3.63) is 59.7 Å². The van der Waals surface area contributed by atoms with Crippen molar-refractivity contribution in [3.8, 4) is 11.5 Å². The van der Waals surface area contributed by atoms with Crippen molar-refractivity contribution >= 4 is 5.97 Å². The summed E-state index contributed by atoms with van der Waals surface area (Å²) < 4.78 is 5.62. The molecule has 0 heterocycles. The zero-order valence-corrected chi connectivity index (χ0v) is 9.38. The van der Waals surface area contributed by atoms with Gasteiger partial charge < -0.3 is 9.84 Å². The first kappa shape index (κ1) is 11.2. The van der Waals surface area contributed by atoms with Gasteiger partial charge in [-0.3, -0.25) is 0 Å². The molecule has 0 aromatic heterocycles. The van der Waals surface area contributed by atoms with Crippen molar-refractivity contribution in [1.29, 1.82) is 0 Å². The van der Waals surface area contributed by atoms with E-state index in [1.54, 1.807) is 18.2 Å². The predicted octanol–water partition coefficient (Wildman–Crippen LogP) is 3.49. The summed E-state index contributed by atoms with van der Waals surface area (Å²) >= 11 is 0. The number of carboxylic acid groups (broad SMARTS) is 1. The Morgan fingerprint density at radius 1 is 1.06 bits per heavy atom. The van der Waals surface area contributed by atoms with Gasteiger partial charge in [0.25, 0.3) is 0 Å². The molecule has 0 unspecified atom stereocenters. The van der Waals surface area contributed by atoms with Gasteiger partial charge in [0, 0.05) is 0 Å². The van der Waals surface area contributed by atoms with Crippen LogP contribution in [0.25, 0.3) is 0 Å². The number of aromatic carboxylic acids is 1. The Balaban J connectivity index is 2.41.